The molecule has 0 saturated heterocycles. The summed E-state index contributed by atoms with van der Waals surface area (Å²) in [6, 6.07) is 15.7. The number of carbonyl (C=O) groups excluding carboxylic acids is 3. The second kappa shape index (κ2) is 10.9. The lowest BCUT2D eigenvalue weighted by Gasteiger charge is -2.50. The highest BCUT2D eigenvalue weighted by Gasteiger charge is 2.64. The second-order valence-corrected chi connectivity index (χ2v) is 13.2. The number of hydrogen-bond donors (Lipinski definition) is 6. The van der Waals surface area contributed by atoms with Gasteiger partial charge in [-0.2, -0.15) is 0 Å². The first kappa shape index (κ1) is 30.6. The number of benzene rings is 3. The van der Waals surface area contributed by atoms with Gasteiger partial charge in [-0.3, -0.25) is 14.4 Å². The summed E-state index contributed by atoms with van der Waals surface area (Å²) in [5.41, 5.74) is 5.37. The Balaban J connectivity index is 1.54. The van der Waals surface area contributed by atoms with E-state index in [0.717, 1.165) is 27.5 Å². The fourth-order valence-electron chi connectivity index (χ4n) is 7.80. The average molecular weight is 611 g/mol. The van der Waals surface area contributed by atoms with Crippen molar-refractivity contribution in [1.82, 2.24) is 5.32 Å². The van der Waals surface area contributed by atoms with E-state index in [2.05, 4.69) is 31.3 Å². The van der Waals surface area contributed by atoms with E-state index < -0.39 is 63.8 Å². The molecule has 0 spiro atoms. The van der Waals surface area contributed by atoms with Crippen LogP contribution < -0.4 is 11.1 Å². The first-order chi connectivity index (χ1) is 21.3. The minimum absolute atomic E-state index is 0.0708. The largest absolute Gasteiger partial charge is 0.508 e. The van der Waals surface area contributed by atoms with Gasteiger partial charge >= 0.3 is 0 Å². The zero-order valence-electron chi connectivity index (χ0n) is 25.7. The molecule has 3 aromatic rings. The lowest BCUT2D eigenvalue weighted by Crippen LogP contribution is -2.62. The quantitative estimate of drug-likeness (QED) is 0.220. The number of amides is 1. The van der Waals surface area contributed by atoms with E-state index >= 15 is 0 Å². The van der Waals surface area contributed by atoms with Gasteiger partial charge in [0.1, 0.15) is 22.8 Å². The molecule has 3 aliphatic carbocycles. The van der Waals surface area contributed by atoms with Crippen molar-refractivity contribution in [3.63, 3.8) is 0 Å². The summed E-state index contributed by atoms with van der Waals surface area (Å²) >= 11 is 0. The molecule has 1 saturated carbocycles. The van der Waals surface area contributed by atoms with Crippen LogP contribution in [0.1, 0.15) is 50.8 Å². The number of primary amides is 1. The van der Waals surface area contributed by atoms with Crippen molar-refractivity contribution < 1.29 is 34.8 Å². The van der Waals surface area contributed by atoms with Gasteiger partial charge in [-0.1, -0.05) is 70.2 Å². The molecule has 4 atom stereocenters. The fourth-order valence-corrected chi connectivity index (χ4v) is 7.80. The number of fused-ring (bicyclic) bond motifs is 4. The number of phenols is 1. The maximum absolute atomic E-state index is 14.2. The van der Waals surface area contributed by atoms with E-state index in [0.29, 0.717) is 18.2 Å². The van der Waals surface area contributed by atoms with Gasteiger partial charge in [-0.15, -0.1) is 0 Å². The van der Waals surface area contributed by atoms with Gasteiger partial charge < -0.3 is 31.5 Å². The zero-order chi connectivity index (χ0) is 32.5. The summed E-state index contributed by atoms with van der Waals surface area (Å²) in [4.78, 5) is 39.8. The van der Waals surface area contributed by atoms with E-state index in [4.69, 9.17) is 5.73 Å². The number of nitrogens with one attached hydrogen (secondary N) is 1. The van der Waals surface area contributed by atoms with Crippen LogP contribution in [0.25, 0.3) is 27.7 Å². The van der Waals surface area contributed by atoms with Crippen molar-refractivity contribution in [3.05, 3.63) is 82.1 Å². The summed E-state index contributed by atoms with van der Waals surface area (Å²) in [7, 11) is 0. The van der Waals surface area contributed by atoms with Gasteiger partial charge in [-0.25, -0.2) is 0 Å². The molecular weight excluding hydrogens is 572 g/mol. The van der Waals surface area contributed by atoms with Crippen molar-refractivity contribution >= 4 is 34.0 Å². The predicted octanol–water partition coefficient (Wildman–Crippen LogP) is 4.62. The molecule has 3 aromatic carbocycles. The second-order valence-electron chi connectivity index (χ2n) is 13.2. The Morgan fingerprint density at radius 2 is 1.64 bits per heavy atom. The Kier molecular flexibility index (Phi) is 7.37. The highest BCUT2D eigenvalue weighted by Crippen LogP contribution is 2.55. The summed E-state index contributed by atoms with van der Waals surface area (Å²) in [5.74, 6) is -7.81. The summed E-state index contributed by atoms with van der Waals surface area (Å²) < 4.78 is 0. The van der Waals surface area contributed by atoms with Gasteiger partial charge in [0, 0.05) is 30.0 Å². The smallest absolute Gasteiger partial charge is 0.255 e. The Morgan fingerprint density at radius 3 is 2.29 bits per heavy atom. The molecule has 0 aliphatic heterocycles. The number of phenolic OH excluding ortho intramolecular Hbond substituents is 1. The molecule has 1 fully saturated rings. The van der Waals surface area contributed by atoms with Crippen molar-refractivity contribution in [2.45, 2.75) is 58.7 Å². The highest BCUT2D eigenvalue weighted by molar-refractivity contribution is 6.23. The first-order valence-corrected chi connectivity index (χ1v) is 15.4. The monoisotopic (exact) mass is 610 g/mol. The standard InChI is InChI=1S/C36H38N2O7/c1-16(2)27-25-14-19-13-24-23(22-10-9-18(15-38-17(3)4)20-7-5-6-8-21(20)22)11-12-26(39)29(24)32(41)28(19)33(42)36(25,45)34(43)30(31(27)40)35(37)44/h5-12,16-17,19,25,27,38-39,41,43,45H,13-15H2,1-4H3,(H2,37,44)/t19-,25-,27-,36-/m0/s1. The molecule has 0 radical (unpaired) electrons. The number of nitrogens with two attached hydrogens (primary N) is 1. The topological polar surface area (TPSA) is 170 Å². The number of hydrogen-bond acceptors (Lipinski definition) is 8. The average Bonchev–Trinajstić information content (AvgIpc) is 2.97. The molecule has 0 bridgehead atoms. The zero-order valence-corrected chi connectivity index (χ0v) is 25.7. The van der Waals surface area contributed by atoms with E-state index in [1.165, 1.54) is 6.07 Å². The lowest BCUT2D eigenvalue weighted by atomic mass is 9.54. The summed E-state index contributed by atoms with van der Waals surface area (Å²) in [6.45, 7) is 8.35. The number of Topliss-reactive ketones (excluding diaryl/α,β-unsaturated/α-hetero) is 2. The van der Waals surface area contributed by atoms with Gasteiger partial charge in [0.25, 0.3) is 5.91 Å². The van der Waals surface area contributed by atoms with Crippen molar-refractivity contribution in [2.75, 3.05) is 0 Å². The number of ketones is 2. The molecule has 234 valence electrons. The number of aromatic hydroxyl groups is 1. The van der Waals surface area contributed by atoms with Crippen LogP contribution in [-0.2, 0) is 27.3 Å². The van der Waals surface area contributed by atoms with Crippen LogP contribution in [0.5, 0.6) is 5.75 Å². The summed E-state index contributed by atoms with van der Waals surface area (Å²) in [6.07, 6.45) is 0.301. The van der Waals surface area contributed by atoms with Gasteiger partial charge in [0.2, 0.25) is 5.78 Å². The number of aliphatic hydroxyl groups excluding tert-OH is 2. The van der Waals surface area contributed by atoms with Gasteiger partial charge in [-0.05, 0) is 63.8 Å². The van der Waals surface area contributed by atoms with Gasteiger partial charge in [0.15, 0.2) is 11.4 Å². The Bertz CT molecular complexity index is 1850. The van der Waals surface area contributed by atoms with Gasteiger partial charge in [0.05, 0.1) is 5.56 Å². The third-order valence-corrected chi connectivity index (χ3v) is 9.86. The van der Waals surface area contributed by atoms with E-state index in [9.17, 15) is 34.8 Å². The number of rotatable bonds is 6. The highest BCUT2D eigenvalue weighted by atomic mass is 16.3. The predicted molar refractivity (Wildman–Crippen MR) is 170 cm³/mol. The van der Waals surface area contributed by atoms with Crippen LogP contribution in [-0.4, -0.2) is 49.5 Å². The Labute approximate surface area is 261 Å². The van der Waals surface area contributed by atoms with Crippen LogP contribution in [0.15, 0.2) is 65.4 Å². The molecule has 6 rings (SSSR count). The third kappa shape index (κ3) is 4.48. The minimum atomic E-state index is -2.63. The molecular formula is C36H38N2O7. The van der Waals surface area contributed by atoms with Crippen LogP contribution in [0.2, 0.25) is 0 Å². The van der Waals surface area contributed by atoms with Crippen LogP contribution in [0.4, 0.5) is 0 Å². The lowest BCUT2D eigenvalue weighted by molar-refractivity contribution is -0.155. The van der Waals surface area contributed by atoms with Crippen LogP contribution >= 0.6 is 0 Å². The normalized spacial score (nSPS) is 24.7. The van der Waals surface area contributed by atoms with Crippen molar-refractivity contribution in [2.24, 2.45) is 29.4 Å². The molecule has 3 aliphatic rings. The van der Waals surface area contributed by atoms with E-state index in [1.807, 2.05) is 24.3 Å². The van der Waals surface area contributed by atoms with Crippen molar-refractivity contribution in [3.8, 4) is 16.9 Å². The molecule has 0 unspecified atom stereocenters. The SMILES string of the molecule is CC(C)NCc1ccc(-c2ccc(O)c3c2C[C@H]2C[C@H]4[C@H](C(C)C)C(=O)C(C(N)=O)=C(O)[C@@]4(O)C(=O)C2=C3O)c2ccccc12. The third-order valence-electron chi connectivity index (χ3n) is 9.86. The summed E-state index contributed by atoms with van der Waals surface area (Å²) in [5, 5.41) is 51.2. The maximum Gasteiger partial charge on any atom is 0.255 e. The molecule has 45 heavy (non-hydrogen) atoms. The number of aliphatic hydroxyl groups is 3. The number of carbonyl (C=O) groups is 3. The Hall–Kier alpha value is -4.47. The minimum Gasteiger partial charge on any atom is -0.508 e. The molecule has 9 heteroatoms. The molecule has 7 N–H and O–H groups in total. The Morgan fingerprint density at radius 1 is 0.978 bits per heavy atom. The molecule has 0 aromatic heterocycles. The first-order valence-electron chi connectivity index (χ1n) is 15.4. The maximum atomic E-state index is 14.2. The van der Waals surface area contributed by atoms with E-state index in [-0.39, 0.29) is 29.7 Å². The fraction of sp³-hybridized carbons (Fsp3) is 0.361. The van der Waals surface area contributed by atoms with Crippen LogP contribution in [0, 0.1) is 23.7 Å². The molecule has 1 amide bonds. The van der Waals surface area contributed by atoms with Crippen LogP contribution in [0.3, 0.4) is 0 Å². The van der Waals surface area contributed by atoms with Crippen molar-refractivity contribution in [1.29, 1.82) is 0 Å². The van der Waals surface area contributed by atoms with E-state index in [1.54, 1.807) is 19.9 Å². The molecule has 0 heterocycles. The molecule has 9 nitrogen and oxygen atoms in total.